The normalized spacial score (nSPS) is 19.6. The minimum atomic E-state index is -4.84. The SMILES string of the molecule is Cn1cnc(OC(=O)N(Cc2ccc(F)c(C(F)(F)F)c2)CC2C3CN(Cc4ccc(Oc5ccccc5)cc4)CC32)c1. The van der Waals surface area contributed by atoms with Gasteiger partial charge in [-0.05, 0) is 65.3 Å². The van der Waals surface area contributed by atoms with Gasteiger partial charge in [-0.2, -0.15) is 13.2 Å². The highest BCUT2D eigenvalue weighted by Gasteiger charge is 2.56. The van der Waals surface area contributed by atoms with Crippen molar-refractivity contribution in [2.45, 2.75) is 19.3 Å². The minimum absolute atomic E-state index is 0.0925. The number of ether oxygens (including phenoxy) is 2. The van der Waals surface area contributed by atoms with E-state index in [1.807, 2.05) is 54.6 Å². The second kappa shape index (κ2) is 11.7. The molecule has 2 heterocycles. The summed E-state index contributed by atoms with van der Waals surface area (Å²) in [5.74, 6) is 1.20. The number of fused-ring (bicyclic) bond motifs is 1. The molecule has 0 N–H and O–H groups in total. The predicted molar refractivity (Wildman–Crippen MR) is 150 cm³/mol. The van der Waals surface area contributed by atoms with Crippen LogP contribution in [0.3, 0.4) is 0 Å². The van der Waals surface area contributed by atoms with Gasteiger partial charge in [-0.1, -0.05) is 36.4 Å². The molecule has 1 saturated carbocycles. The number of imidazole rings is 1. The first-order valence-corrected chi connectivity index (χ1v) is 14.0. The molecule has 7 nitrogen and oxygen atoms in total. The Balaban J connectivity index is 1.07. The second-order valence-corrected chi connectivity index (χ2v) is 11.2. The molecule has 43 heavy (non-hydrogen) atoms. The Morgan fingerprint density at radius 3 is 2.30 bits per heavy atom. The molecule has 0 bridgehead atoms. The molecule has 1 aliphatic heterocycles. The average molecular weight is 595 g/mol. The predicted octanol–water partition coefficient (Wildman–Crippen LogP) is 6.75. The molecular formula is C32H30F4N4O3. The summed E-state index contributed by atoms with van der Waals surface area (Å²) < 4.78 is 66.8. The summed E-state index contributed by atoms with van der Waals surface area (Å²) in [6, 6.07) is 20.4. The van der Waals surface area contributed by atoms with Crippen LogP contribution in [-0.4, -0.2) is 45.1 Å². The minimum Gasteiger partial charge on any atom is -0.457 e. The van der Waals surface area contributed by atoms with Crippen molar-refractivity contribution in [1.82, 2.24) is 19.4 Å². The lowest BCUT2D eigenvalue weighted by molar-refractivity contribution is -0.140. The summed E-state index contributed by atoms with van der Waals surface area (Å²) in [4.78, 5) is 20.9. The Morgan fingerprint density at radius 2 is 1.65 bits per heavy atom. The number of likely N-dealkylation sites (tertiary alicyclic amines) is 1. The monoisotopic (exact) mass is 594 g/mol. The van der Waals surface area contributed by atoms with Crippen LogP contribution in [0.5, 0.6) is 17.4 Å². The second-order valence-electron chi connectivity index (χ2n) is 11.2. The lowest BCUT2D eigenvalue weighted by atomic mass is 10.1. The van der Waals surface area contributed by atoms with Crippen LogP contribution >= 0.6 is 0 Å². The third-order valence-corrected chi connectivity index (χ3v) is 8.03. The summed E-state index contributed by atoms with van der Waals surface area (Å²) >= 11 is 0. The summed E-state index contributed by atoms with van der Waals surface area (Å²) in [5.41, 5.74) is -0.0314. The summed E-state index contributed by atoms with van der Waals surface area (Å²) in [6.45, 7) is 2.67. The van der Waals surface area contributed by atoms with Gasteiger partial charge in [-0.15, -0.1) is 0 Å². The van der Waals surface area contributed by atoms with E-state index in [0.29, 0.717) is 18.4 Å². The van der Waals surface area contributed by atoms with Crippen LogP contribution in [-0.2, 0) is 26.3 Å². The van der Waals surface area contributed by atoms with E-state index in [2.05, 4.69) is 9.88 Å². The van der Waals surface area contributed by atoms with Gasteiger partial charge >= 0.3 is 12.3 Å². The molecule has 2 aliphatic rings. The first kappa shape index (κ1) is 28.7. The van der Waals surface area contributed by atoms with Gasteiger partial charge in [0.2, 0.25) is 5.88 Å². The summed E-state index contributed by atoms with van der Waals surface area (Å²) in [6.07, 6.45) is -2.55. The number of amides is 1. The van der Waals surface area contributed by atoms with Gasteiger partial charge in [0.1, 0.15) is 17.3 Å². The lowest BCUT2D eigenvalue weighted by Crippen LogP contribution is -2.37. The van der Waals surface area contributed by atoms with E-state index in [1.54, 1.807) is 11.6 Å². The van der Waals surface area contributed by atoms with E-state index in [9.17, 15) is 22.4 Å². The van der Waals surface area contributed by atoms with E-state index in [4.69, 9.17) is 9.47 Å². The van der Waals surface area contributed by atoms with Crippen molar-refractivity contribution in [3.63, 3.8) is 0 Å². The number of hydrogen-bond donors (Lipinski definition) is 0. The molecule has 224 valence electrons. The largest absolute Gasteiger partial charge is 0.457 e. The van der Waals surface area contributed by atoms with Gasteiger partial charge in [0.05, 0.1) is 18.1 Å². The highest BCUT2D eigenvalue weighted by Crippen LogP contribution is 2.52. The van der Waals surface area contributed by atoms with Crippen molar-refractivity contribution in [3.05, 3.63) is 108 Å². The molecule has 3 aromatic carbocycles. The van der Waals surface area contributed by atoms with Crippen molar-refractivity contribution in [2.75, 3.05) is 19.6 Å². The highest BCUT2D eigenvalue weighted by molar-refractivity contribution is 5.70. The Kier molecular flexibility index (Phi) is 7.83. The van der Waals surface area contributed by atoms with Crippen LogP contribution in [0, 0.1) is 23.6 Å². The molecule has 2 unspecified atom stereocenters. The molecule has 2 fully saturated rings. The van der Waals surface area contributed by atoms with Crippen molar-refractivity contribution in [2.24, 2.45) is 24.8 Å². The van der Waals surface area contributed by atoms with Gasteiger partial charge in [-0.3, -0.25) is 4.90 Å². The smallest absolute Gasteiger partial charge is 0.419 e. The maximum Gasteiger partial charge on any atom is 0.419 e. The molecule has 1 aromatic heterocycles. The number of para-hydroxylation sites is 1. The number of aryl methyl sites for hydroxylation is 1. The molecule has 2 atom stereocenters. The van der Waals surface area contributed by atoms with Gasteiger partial charge in [0.15, 0.2) is 0 Å². The maximum atomic E-state index is 13.9. The number of alkyl halides is 3. The van der Waals surface area contributed by atoms with E-state index >= 15 is 0 Å². The number of benzene rings is 3. The molecule has 0 radical (unpaired) electrons. The van der Waals surface area contributed by atoms with Gasteiger partial charge in [0, 0.05) is 39.8 Å². The number of halogens is 4. The Labute approximate surface area is 246 Å². The number of aromatic nitrogens is 2. The fraction of sp³-hybridized carbons (Fsp3) is 0.312. The third-order valence-electron chi connectivity index (χ3n) is 8.03. The highest BCUT2D eigenvalue weighted by atomic mass is 19.4. The lowest BCUT2D eigenvalue weighted by Gasteiger charge is -2.25. The van der Waals surface area contributed by atoms with E-state index < -0.39 is 23.7 Å². The van der Waals surface area contributed by atoms with E-state index in [0.717, 1.165) is 48.8 Å². The molecule has 1 aliphatic carbocycles. The van der Waals surface area contributed by atoms with Crippen molar-refractivity contribution in [3.8, 4) is 17.4 Å². The third kappa shape index (κ3) is 6.83. The molecule has 4 aromatic rings. The first-order chi connectivity index (χ1) is 20.6. The molecule has 1 saturated heterocycles. The topological polar surface area (TPSA) is 59.8 Å². The zero-order valence-corrected chi connectivity index (χ0v) is 23.4. The quantitative estimate of drug-likeness (QED) is 0.201. The number of piperidine rings is 1. The van der Waals surface area contributed by atoms with Gasteiger partial charge < -0.3 is 18.9 Å². The number of carbonyl (C=O) groups is 1. The van der Waals surface area contributed by atoms with Crippen LogP contribution in [0.25, 0.3) is 0 Å². The zero-order valence-electron chi connectivity index (χ0n) is 23.4. The van der Waals surface area contributed by atoms with Crippen molar-refractivity contribution < 1.29 is 31.8 Å². The fourth-order valence-electron chi connectivity index (χ4n) is 5.84. The van der Waals surface area contributed by atoms with E-state index in [-0.39, 0.29) is 23.9 Å². The molecular weight excluding hydrogens is 564 g/mol. The van der Waals surface area contributed by atoms with E-state index in [1.165, 1.54) is 23.5 Å². The Morgan fingerprint density at radius 1 is 0.977 bits per heavy atom. The summed E-state index contributed by atoms with van der Waals surface area (Å²) in [5, 5.41) is 0. The average Bonchev–Trinajstić information content (AvgIpc) is 3.24. The summed E-state index contributed by atoms with van der Waals surface area (Å²) in [7, 11) is 1.73. The van der Waals surface area contributed by atoms with Crippen molar-refractivity contribution >= 4 is 6.09 Å². The van der Waals surface area contributed by atoms with Gasteiger partial charge in [0.25, 0.3) is 0 Å². The molecule has 11 heteroatoms. The number of nitrogens with zero attached hydrogens (tertiary/aromatic N) is 4. The first-order valence-electron chi connectivity index (χ1n) is 14.0. The number of carbonyl (C=O) groups excluding carboxylic acids is 1. The van der Waals surface area contributed by atoms with Crippen LogP contribution in [0.4, 0.5) is 22.4 Å². The number of hydrogen-bond acceptors (Lipinski definition) is 5. The van der Waals surface area contributed by atoms with Crippen LogP contribution in [0.15, 0.2) is 85.3 Å². The molecule has 6 rings (SSSR count). The van der Waals surface area contributed by atoms with Crippen LogP contribution in [0.2, 0.25) is 0 Å². The molecule has 0 spiro atoms. The zero-order chi connectivity index (χ0) is 30.1. The van der Waals surface area contributed by atoms with Crippen LogP contribution in [0.1, 0.15) is 16.7 Å². The number of rotatable bonds is 9. The Hall–Kier alpha value is -4.38. The van der Waals surface area contributed by atoms with Crippen LogP contribution < -0.4 is 9.47 Å². The van der Waals surface area contributed by atoms with Gasteiger partial charge in [-0.25, -0.2) is 14.2 Å². The fourth-order valence-corrected chi connectivity index (χ4v) is 5.84. The van der Waals surface area contributed by atoms with Crippen molar-refractivity contribution in [1.29, 1.82) is 0 Å². The standard InChI is InChI=1S/C32H30F4N4O3/c1-38-19-30(37-20-38)43-31(41)40(15-22-9-12-29(33)28(13-22)32(34,35)36)18-27-25-16-39(17-26(25)27)14-21-7-10-24(11-8-21)42-23-5-3-2-4-6-23/h2-13,19-20,25-27H,14-18H2,1H3. The molecule has 1 amide bonds. The Bertz CT molecular complexity index is 1560. The maximum absolute atomic E-state index is 13.9.